The van der Waals surface area contributed by atoms with Crippen molar-refractivity contribution in [3.8, 4) is 0 Å². The van der Waals surface area contributed by atoms with E-state index >= 15 is 0 Å². The van der Waals surface area contributed by atoms with Gasteiger partial charge in [0, 0.05) is 23.8 Å². The highest BCUT2D eigenvalue weighted by Crippen LogP contribution is 2.43. The Kier molecular flexibility index (Phi) is 4.44. The van der Waals surface area contributed by atoms with E-state index in [1.807, 2.05) is 0 Å². The van der Waals surface area contributed by atoms with Crippen molar-refractivity contribution in [1.29, 1.82) is 0 Å². The number of nitrogens with one attached hydrogen (secondary N) is 1. The molecular weight excluding hydrogens is 391 g/mol. The Hall–Kier alpha value is -2.38. The van der Waals surface area contributed by atoms with E-state index in [0.29, 0.717) is 29.4 Å². The summed E-state index contributed by atoms with van der Waals surface area (Å²) < 4.78 is 39.8. The van der Waals surface area contributed by atoms with Gasteiger partial charge in [-0.05, 0) is 48.7 Å². The zero-order valence-corrected chi connectivity index (χ0v) is 15.8. The Balaban J connectivity index is 1.70. The average molecular weight is 407 g/mol. The molecule has 5 nitrogen and oxygen atoms in total. The second-order valence-corrected chi connectivity index (χ2v) is 8.75. The van der Waals surface area contributed by atoms with Crippen molar-refractivity contribution in [1.82, 2.24) is 5.32 Å². The smallest absolute Gasteiger partial charge is 0.265 e. The van der Waals surface area contributed by atoms with E-state index in [1.165, 1.54) is 12.1 Å². The number of carbonyl (C=O) groups excluding carboxylic acids is 1. The molecule has 2 aliphatic rings. The minimum absolute atomic E-state index is 0.162. The molecule has 8 heteroatoms. The van der Waals surface area contributed by atoms with Crippen LogP contribution in [0.25, 0.3) is 0 Å². The van der Waals surface area contributed by atoms with Gasteiger partial charge in [0.1, 0.15) is 5.82 Å². The van der Waals surface area contributed by atoms with Crippen molar-refractivity contribution in [2.45, 2.75) is 24.3 Å². The maximum atomic E-state index is 13.7. The van der Waals surface area contributed by atoms with Crippen LogP contribution in [-0.2, 0) is 21.2 Å². The number of hydrogen-bond donors (Lipinski definition) is 1. The number of fused-ring (bicyclic) bond motifs is 3. The van der Waals surface area contributed by atoms with Gasteiger partial charge in [-0.1, -0.05) is 23.7 Å². The summed E-state index contributed by atoms with van der Waals surface area (Å²) >= 11 is 5.84. The average Bonchev–Trinajstić information content (AvgIpc) is 3.10. The van der Waals surface area contributed by atoms with Gasteiger partial charge in [-0.3, -0.25) is 4.79 Å². The van der Waals surface area contributed by atoms with E-state index in [0.717, 1.165) is 18.1 Å². The molecule has 4 rings (SSSR count). The van der Waals surface area contributed by atoms with E-state index < -0.39 is 21.6 Å². The van der Waals surface area contributed by atoms with Crippen molar-refractivity contribution in [3.63, 3.8) is 0 Å². The zero-order chi connectivity index (χ0) is 19.2. The second-order valence-electron chi connectivity index (χ2n) is 6.46. The Morgan fingerprint density at radius 3 is 2.67 bits per heavy atom. The van der Waals surface area contributed by atoms with Gasteiger partial charge in [0.25, 0.3) is 5.91 Å². The number of sulfone groups is 1. The predicted molar refractivity (Wildman–Crippen MR) is 100 cm³/mol. The monoisotopic (exact) mass is 406 g/mol. The molecule has 0 unspecified atom stereocenters. The minimum atomic E-state index is -4.11. The highest BCUT2D eigenvalue weighted by Gasteiger charge is 2.41. The standard InChI is InChI=1S/C19H16ClFN2O3S/c20-13-5-3-12(4-6-13)11-22-19(24)18-16-2-1-9-23(16)15-8-7-14(21)10-17(15)27(18,25)26/h3-8,10H,1-2,9,11H2,(H,22,24). The van der Waals surface area contributed by atoms with Crippen molar-refractivity contribution in [2.75, 3.05) is 11.4 Å². The van der Waals surface area contributed by atoms with Gasteiger partial charge >= 0.3 is 0 Å². The molecule has 0 aliphatic carbocycles. The summed E-state index contributed by atoms with van der Waals surface area (Å²) in [5.74, 6) is -1.33. The summed E-state index contributed by atoms with van der Waals surface area (Å²) in [6.07, 6.45) is 1.22. The van der Waals surface area contributed by atoms with Gasteiger partial charge in [-0.15, -0.1) is 0 Å². The van der Waals surface area contributed by atoms with Gasteiger partial charge in [-0.25, -0.2) is 12.8 Å². The fourth-order valence-corrected chi connectivity index (χ4v) is 5.39. The highest BCUT2D eigenvalue weighted by molar-refractivity contribution is 7.96. The molecule has 27 heavy (non-hydrogen) atoms. The molecule has 2 aromatic rings. The summed E-state index contributed by atoms with van der Waals surface area (Å²) in [4.78, 5) is 14.1. The van der Waals surface area contributed by atoms with Crippen molar-refractivity contribution < 1.29 is 17.6 Å². The molecule has 2 aliphatic heterocycles. The quantitative estimate of drug-likeness (QED) is 0.848. The maximum Gasteiger partial charge on any atom is 0.265 e. The van der Waals surface area contributed by atoms with E-state index in [1.54, 1.807) is 29.2 Å². The van der Waals surface area contributed by atoms with Crippen molar-refractivity contribution in [3.05, 3.63) is 69.5 Å². The van der Waals surface area contributed by atoms with Crippen LogP contribution in [0.1, 0.15) is 18.4 Å². The fraction of sp³-hybridized carbons (Fsp3) is 0.211. The normalized spacial score (nSPS) is 17.5. The van der Waals surface area contributed by atoms with Crippen LogP contribution in [0.5, 0.6) is 0 Å². The molecule has 1 amide bonds. The van der Waals surface area contributed by atoms with Gasteiger partial charge < -0.3 is 10.2 Å². The molecule has 0 bridgehead atoms. The molecule has 140 valence electrons. The van der Waals surface area contributed by atoms with Gasteiger partial charge in [0.05, 0.1) is 10.6 Å². The molecule has 0 aromatic heterocycles. The summed E-state index contributed by atoms with van der Waals surface area (Å²) in [5.41, 5.74) is 1.70. The molecule has 0 saturated carbocycles. The number of carbonyl (C=O) groups is 1. The van der Waals surface area contributed by atoms with Crippen LogP contribution in [0.15, 0.2) is 58.0 Å². The first-order chi connectivity index (χ1) is 12.9. The third kappa shape index (κ3) is 3.11. The molecule has 0 spiro atoms. The topological polar surface area (TPSA) is 66.5 Å². The summed E-state index contributed by atoms with van der Waals surface area (Å²) in [7, 11) is -4.11. The van der Waals surface area contributed by atoms with E-state index in [9.17, 15) is 17.6 Å². The van der Waals surface area contributed by atoms with Crippen LogP contribution in [-0.4, -0.2) is 20.9 Å². The van der Waals surface area contributed by atoms with Crippen LogP contribution in [0, 0.1) is 5.82 Å². The first kappa shape index (κ1) is 18.0. The third-order valence-electron chi connectivity index (χ3n) is 4.73. The molecule has 2 aromatic carbocycles. The number of allylic oxidation sites excluding steroid dienone is 1. The molecule has 0 atom stereocenters. The lowest BCUT2D eigenvalue weighted by Gasteiger charge is -2.30. The predicted octanol–water partition coefficient (Wildman–Crippen LogP) is 3.39. The van der Waals surface area contributed by atoms with Crippen LogP contribution in [0.2, 0.25) is 5.02 Å². The maximum absolute atomic E-state index is 13.7. The first-order valence-electron chi connectivity index (χ1n) is 8.46. The van der Waals surface area contributed by atoms with Crippen LogP contribution >= 0.6 is 11.6 Å². The second kappa shape index (κ2) is 6.65. The number of halogens is 2. The molecular formula is C19H16ClFN2O3S. The van der Waals surface area contributed by atoms with Crippen LogP contribution in [0.4, 0.5) is 10.1 Å². The lowest BCUT2D eigenvalue weighted by Crippen LogP contribution is -2.35. The van der Waals surface area contributed by atoms with Crippen molar-refractivity contribution in [2.24, 2.45) is 0 Å². The Morgan fingerprint density at radius 1 is 1.19 bits per heavy atom. The number of hydrogen-bond acceptors (Lipinski definition) is 4. The molecule has 0 radical (unpaired) electrons. The molecule has 2 heterocycles. The number of amides is 1. The lowest BCUT2D eigenvalue weighted by atomic mass is 10.2. The minimum Gasteiger partial charge on any atom is -0.347 e. The SMILES string of the molecule is O=C(NCc1ccc(Cl)cc1)C1=C2CCCN2c2ccc(F)cc2S1(=O)=O. The Bertz CT molecular complexity index is 1060. The van der Waals surface area contributed by atoms with Crippen LogP contribution < -0.4 is 10.2 Å². The van der Waals surface area contributed by atoms with Crippen molar-refractivity contribution >= 4 is 33.0 Å². The summed E-state index contributed by atoms with van der Waals surface area (Å²) in [6, 6.07) is 10.6. The van der Waals surface area contributed by atoms with E-state index in [2.05, 4.69) is 5.32 Å². The Morgan fingerprint density at radius 2 is 1.93 bits per heavy atom. The molecule has 1 saturated heterocycles. The van der Waals surface area contributed by atoms with Crippen LogP contribution in [0.3, 0.4) is 0 Å². The number of nitrogens with zero attached hydrogens (tertiary/aromatic N) is 1. The number of benzene rings is 2. The summed E-state index contributed by atoms with van der Waals surface area (Å²) in [6.45, 7) is 0.760. The van der Waals surface area contributed by atoms with E-state index in [4.69, 9.17) is 11.6 Å². The fourth-order valence-electron chi connectivity index (χ4n) is 3.49. The third-order valence-corrected chi connectivity index (χ3v) is 6.84. The van der Waals surface area contributed by atoms with E-state index in [-0.39, 0.29) is 16.3 Å². The Labute approximate surface area is 161 Å². The highest BCUT2D eigenvalue weighted by atomic mass is 35.5. The summed E-state index contributed by atoms with van der Waals surface area (Å²) in [5, 5.41) is 3.24. The molecule has 1 fully saturated rings. The van der Waals surface area contributed by atoms with Gasteiger partial charge in [-0.2, -0.15) is 0 Å². The zero-order valence-electron chi connectivity index (χ0n) is 14.2. The van der Waals surface area contributed by atoms with Gasteiger partial charge in [0.15, 0.2) is 4.91 Å². The first-order valence-corrected chi connectivity index (χ1v) is 10.3. The number of rotatable bonds is 3. The molecule has 1 N–H and O–H groups in total. The largest absolute Gasteiger partial charge is 0.347 e. The lowest BCUT2D eigenvalue weighted by molar-refractivity contribution is -0.117. The van der Waals surface area contributed by atoms with Gasteiger partial charge in [0.2, 0.25) is 9.84 Å². The number of anilines is 1.